The number of phenols is 1. The molecule has 58 heavy (non-hydrogen) atoms. The highest BCUT2D eigenvalue weighted by Crippen LogP contribution is 2.39. The number of benzene rings is 4. The van der Waals surface area contributed by atoms with Gasteiger partial charge in [-0.1, -0.05) is 77.8 Å². The molecule has 0 radical (unpaired) electrons. The number of alkyl halides is 3. The number of hydrogen-bond donors (Lipinski definition) is 2. The van der Waals surface area contributed by atoms with Crippen molar-refractivity contribution in [1.82, 2.24) is 14.4 Å². The molecule has 1 aliphatic heterocycles. The van der Waals surface area contributed by atoms with Gasteiger partial charge in [0.2, 0.25) is 5.88 Å². The Morgan fingerprint density at radius 2 is 1.59 bits per heavy atom. The predicted molar refractivity (Wildman–Crippen MR) is 223 cm³/mol. The molecule has 1 aliphatic rings. The zero-order chi connectivity index (χ0) is 42.5. The first-order chi connectivity index (χ1) is 27.4. The van der Waals surface area contributed by atoms with Crippen LogP contribution >= 0.6 is 35.4 Å². The van der Waals surface area contributed by atoms with Gasteiger partial charge in [-0.15, -0.1) is 0 Å². The quantitative estimate of drug-likeness (QED) is 0.117. The Morgan fingerprint density at radius 1 is 0.931 bits per heavy atom. The molecule has 0 bridgehead atoms. The van der Waals surface area contributed by atoms with Crippen LogP contribution in [0, 0.1) is 18.3 Å². The number of nitriles is 1. The Balaban J connectivity index is 0.000000221. The number of thiocarbonyl (C=S) groups is 1. The minimum absolute atomic E-state index is 0.0782. The molecule has 6 rings (SSSR count). The van der Waals surface area contributed by atoms with E-state index < -0.39 is 23.3 Å². The number of carbonyl (C=O) groups is 1. The fourth-order valence-corrected chi connectivity index (χ4v) is 6.88. The molecule has 4 aromatic carbocycles. The first-order valence-corrected chi connectivity index (χ1v) is 18.7. The maximum Gasteiger partial charge on any atom is 0.416 e. The minimum atomic E-state index is -4.48. The monoisotopic (exact) mass is 845 g/mol. The van der Waals surface area contributed by atoms with Gasteiger partial charge >= 0.3 is 6.18 Å². The first kappa shape index (κ1) is 43.2. The number of rotatable bonds is 8. The molecule has 9 nitrogen and oxygen atoms in total. The zero-order valence-electron chi connectivity index (χ0n) is 31.6. The number of halogens is 5. The number of allylic oxidation sites excluding steroid dienone is 1. The van der Waals surface area contributed by atoms with Crippen LogP contribution in [0.25, 0.3) is 0 Å². The summed E-state index contributed by atoms with van der Waals surface area (Å²) < 4.78 is 41.0. The van der Waals surface area contributed by atoms with Crippen molar-refractivity contribution in [3.05, 3.63) is 168 Å². The number of aromatic hydroxyl groups is 2. The fraction of sp³-hybridized carbons (Fsp3) is 0.186. The summed E-state index contributed by atoms with van der Waals surface area (Å²) in [6.45, 7) is 3.42. The van der Waals surface area contributed by atoms with E-state index in [4.69, 9.17) is 35.4 Å². The van der Waals surface area contributed by atoms with E-state index in [1.807, 2.05) is 36.4 Å². The average molecular weight is 847 g/mol. The fourth-order valence-electron chi connectivity index (χ4n) is 6.35. The van der Waals surface area contributed by atoms with E-state index in [-0.39, 0.29) is 47.2 Å². The molecule has 1 aromatic heterocycles. The molecule has 0 fully saturated rings. The highest BCUT2D eigenvalue weighted by Gasteiger charge is 2.38. The molecule has 0 saturated carbocycles. The number of nitrogens with zero attached hydrogens (tertiary/aromatic N) is 5. The summed E-state index contributed by atoms with van der Waals surface area (Å²) in [5.74, 6) is -0.579. The molecule has 298 valence electrons. The standard InChI is InChI=1S/C22H20ClF3N2OS.C21H16ClN3O3/c1-13-19(18(29)11-14-7-9-17(23)10-8-14)20(28(3)21(30)27(13)2)15-5-4-6-16(12-15)22(24,25)26;1-13-16(10-23)20(27)25(12-14-5-3-2-4-6-14)21(28)17(13)11-24-18-9-15(22)7-8-19(18)26/h4-10,12,20H,11H2,1-3H3;2-9,11,26,28H,12H2,1H3. The van der Waals surface area contributed by atoms with E-state index in [0.717, 1.165) is 27.8 Å². The van der Waals surface area contributed by atoms with Crippen LogP contribution in [0.5, 0.6) is 11.6 Å². The lowest BCUT2D eigenvalue weighted by molar-refractivity contribution is -0.137. The minimum Gasteiger partial charge on any atom is -0.506 e. The lowest BCUT2D eigenvalue weighted by Crippen LogP contribution is -2.47. The van der Waals surface area contributed by atoms with Crippen LogP contribution in [-0.2, 0) is 23.9 Å². The van der Waals surface area contributed by atoms with Crippen molar-refractivity contribution in [2.45, 2.75) is 39.0 Å². The maximum absolute atomic E-state index is 13.3. The van der Waals surface area contributed by atoms with Gasteiger partial charge in [-0.25, -0.2) is 0 Å². The maximum atomic E-state index is 13.3. The van der Waals surface area contributed by atoms with Crippen LogP contribution in [0.15, 0.2) is 118 Å². The Morgan fingerprint density at radius 3 is 2.22 bits per heavy atom. The summed E-state index contributed by atoms with van der Waals surface area (Å²) in [5.41, 5.74) is 2.27. The van der Waals surface area contributed by atoms with Gasteiger partial charge in [-0.3, -0.25) is 19.1 Å². The summed E-state index contributed by atoms with van der Waals surface area (Å²) in [7, 11) is 3.43. The van der Waals surface area contributed by atoms with Crippen LogP contribution < -0.4 is 5.56 Å². The van der Waals surface area contributed by atoms with Crippen LogP contribution in [0.3, 0.4) is 0 Å². The number of ketones is 1. The van der Waals surface area contributed by atoms with Crippen molar-refractivity contribution >= 4 is 58.2 Å². The molecule has 15 heteroatoms. The lowest BCUT2D eigenvalue weighted by Gasteiger charge is -2.42. The zero-order valence-corrected chi connectivity index (χ0v) is 33.9. The molecular formula is C43H36Cl2F3N5O4S. The Hall–Kier alpha value is -5.94. The first-order valence-electron chi connectivity index (χ1n) is 17.5. The molecule has 5 aromatic rings. The van der Waals surface area contributed by atoms with E-state index >= 15 is 0 Å². The summed E-state index contributed by atoms with van der Waals surface area (Å²) in [5, 5.41) is 31.4. The average Bonchev–Trinajstić information content (AvgIpc) is 3.19. The van der Waals surface area contributed by atoms with Crippen LogP contribution in [0.2, 0.25) is 10.0 Å². The second kappa shape index (κ2) is 18.1. The molecule has 0 spiro atoms. The van der Waals surface area contributed by atoms with Crippen molar-refractivity contribution in [3.8, 4) is 17.7 Å². The summed E-state index contributed by atoms with van der Waals surface area (Å²) in [6, 6.07) is 26.6. The normalized spacial score (nSPS) is 14.3. The molecule has 1 unspecified atom stereocenters. The van der Waals surface area contributed by atoms with Gasteiger partial charge < -0.3 is 20.0 Å². The van der Waals surface area contributed by atoms with Gasteiger partial charge in [0.15, 0.2) is 10.9 Å². The van der Waals surface area contributed by atoms with Gasteiger partial charge in [-0.05, 0) is 90.8 Å². The third-order valence-corrected chi connectivity index (χ3v) is 10.6. The number of Topliss-reactive ketones (excluding diaryl/α,β-unsaturated/α-hetero) is 1. The molecule has 0 aliphatic carbocycles. The van der Waals surface area contributed by atoms with Crippen molar-refractivity contribution in [3.63, 3.8) is 0 Å². The lowest BCUT2D eigenvalue weighted by atomic mass is 9.88. The largest absolute Gasteiger partial charge is 0.506 e. The molecular weight excluding hydrogens is 810 g/mol. The number of pyridine rings is 1. The highest BCUT2D eigenvalue weighted by atomic mass is 35.5. The highest BCUT2D eigenvalue weighted by molar-refractivity contribution is 7.80. The van der Waals surface area contributed by atoms with Crippen LogP contribution in [-0.4, -0.2) is 55.8 Å². The second-order valence-electron chi connectivity index (χ2n) is 13.3. The number of likely N-dealkylation sites (N-methyl/N-ethyl adjacent to an activating group) is 1. The molecule has 0 amide bonds. The Labute approximate surface area is 348 Å². The number of hydrogen-bond acceptors (Lipinski definition) is 7. The third kappa shape index (κ3) is 9.59. The van der Waals surface area contributed by atoms with Gasteiger partial charge in [0.1, 0.15) is 23.1 Å². The Kier molecular flexibility index (Phi) is 13.5. The second-order valence-corrected chi connectivity index (χ2v) is 14.6. The van der Waals surface area contributed by atoms with E-state index in [1.54, 1.807) is 68.1 Å². The molecule has 2 heterocycles. The molecule has 1 atom stereocenters. The van der Waals surface area contributed by atoms with Crippen LogP contribution in [0.1, 0.15) is 51.9 Å². The topological polar surface area (TPSA) is 122 Å². The van der Waals surface area contributed by atoms with Crippen molar-refractivity contribution in [2.24, 2.45) is 4.99 Å². The van der Waals surface area contributed by atoms with Gasteiger partial charge in [0, 0.05) is 48.0 Å². The predicted octanol–water partition coefficient (Wildman–Crippen LogP) is 9.54. The number of carbonyl (C=O) groups excluding carboxylic acids is 1. The molecule has 0 saturated heterocycles. The van der Waals surface area contributed by atoms with Gasteiger partial charge in [0.05, 0.1) is 23.7 Å². The van der Waals surface area contributed by atoms with E-state index in [2.05, 4.69) is 4.99 Å². The van der Waals surface area contributed by atoms with E-state index in [0.29, 0.717) is 37.6 Å². The number of phenolic OH excluding ortho intramolecular Hbond substituents is 1. The molecule has 2 N–H and O–H groups in total. The summed E-state index contributed by atoms with van der Waals surface area (Å²) in [4.78, 5) is 33.5. The van der Waals surface area contributed by atoms with Crippen LogP contribution in [0.4, 0.5) is 18.9 Å². The van der Waals surface area contributed by atoms with Gasteiger partial charge in [-0.2, -0.15) is 18.4 Å². The van der Waals surface area contributed by atoms with Gasteiger partial charge in [0.25, 0.3) is 5.56 Å². The Bertz CT molecular complexity index is 2540. The third-order valence-electron chi connectivity index (χ3n) is 9.55. The summed E-state index contributed by atoms with van der Waals surface area (Å²) in [6.07, 6.45) is -3.07. The van der Waals surface area contributed by atoms with Crippen molar-refractivity contribution in [2.75, 3.05) is 14.1 Å². The van der Waals surface area contributed by atoms with Crippen molar-refractivity contribution < 1.29 is 28.2 Å². The number of aliphatic imine (C=N–C) groups is 1. The summed E-state index contributed by atoms with van der Waals surface area (Å²) >= 11 is 17.3. The van der Waals surface area contributed by atoms with E-state index in [9.17, 15) is 38.2 Å². The van der Waals surface area contributed by atoms with E-state index in [1.165, 1.54) is 30.5 Å². The van der Waals surface area contributed by atoms with Crippen molar-refractivity contribution in [1.29, 1.82) is 5.26 Å². The number of aromatic nitrogens is 1. The SMILES string of the molecule is CC1=C(C(=O)Cc2ccc(Cl)cc2)C(c2cccc(C(F)(F)F)c2)N(C)C(=S)N1C.Cc1c(C=Nc2cc(Cl)ccc2O)c(O)n(Cc2ccccc2)c(=O)c1C#N. The smallest absolute Gasteiger partial charge is 0.416 e.